The zero-order valence-corrected chi connectivity index (χ0v) is 14.3. The molecule has 116 valence electrons. The van der Waals surface area contributed by atoms with Crippen LogP contribution in [0.4, 0.5) is 17.1 Å². The molecule has 2 aromatic carbocycles. The van der Waals surface area contributed by atoms with Crippen LogP contribution in [0.1, 0.15) is 13.8 Å². The molecule has 0 aliphatic heterocycles. The molecule has 0 unspecified atom stereocenters. The number of hydrogen-bond acceptors (Lipinski definition) is 5. The molecule has 5 nitrogen and oxygen atoms in total. The molecule has 0 saturated heterocycles. The molecule has 0 aliphatic rings. The molecule has 0 atom stereocenters. The van der Waals surface area contributed by atoms with Gasteiger partial charge in [0.2, 0.25) is 0 Å². The van der Waals surface area contributed by atoms with Crippen molar-refractivity contribution in [3.63, 3.8) is 0 Å². The summed E-state index contributed by atoms with van der Waals surface area (Å²) in [6, 6.07) is 11.2. The second-order valence-electron chi connectivity index (χ2n) is 4.93. The maximum absolute atomic E-state index is 7.30. The van der Waals surface area contributed by atoms with Gasteiger partial charge in [-0.05, 0) is 60.1 Å². The van der Waals surface area contributed by atoms with Crippen LogP contribution in [0.15, 0.2) is 46.0 Å². The Bertz CT molecular complexity index is 657. The minimum atomic E-state index is 0.144. The molecule has 2 rings (SSSR count). The fraction of sp³-hybridized carbons (Fsp3) is 0.250. The number of hydrogen-bond donors (Lipinski definition) is 2. The Balaban J connectivity index is 2.23. The van der Waals surface area contributed by atoms with Crippen LogP contribution in [-0.4, -0.2) is 13.2 Å². The summed E-state index contributed by atoms with van der Waals surface area (Å²) >= 11 is 3.43. The van der Waals surface area contributed by atoms with Crippen molar-refractivity contribution in [1.82, 2.24) is 0 Å². The minimum Gasteiger partial charge on any atom is -0.495 e. The van der Waals surface area contributed by atoms with Crippen LogP contribution in [0.25, 0.3) is 0 Å². The number of nitrogens with one attached hydrogen (secondary N) is 2. The van der Waals surface area contributed by atoms with Gasteiger partial charge in [-0.15, -0.1) is 0 Å². The first-order valence-electron chi connectivity index (χ1n) is 6.82. The Labute approximate surface area is 138 Å². The molecule has 0 fully saturated rings. The van der Waals surface area contributed by atoms with E-state index in [1.54, 1.807) is 13.2 Å². The smallest absolute Gasteiger partial charge is 0.135 e. The Morgan fingerprint density at radius 1 is 1.18 bits per heavy atom. The molecule has 0 aliphatic carbocycles. The van der Waals surface area contributed by atoms with Crippen LogP contribution in [-0.2, 0) is 0 Å². The molecule has 0 aromatic heterocycles. The van der Waals surface area contributed by atoms with Crippen molar-refractivity contribution in [3.05, 3.63) is 40.9 Å². The number of methoxy groups -OCH3 is 1. The van der Waals surface area contributed by atoms with Crippen molar-refractivity contribution in [2.24, 2.45) is 5.11 Å². The molecule has 0 amide bonds. The quantitative estimate of drug-likeness (QED) is 0.651. The molecule has 0 heterocycles. The predicted octanol–water partition coefficient (Wildman–Crippen LogP) is 5.65. The van der Waals surface area contributed by atoms with Crippen LogP contribution in [0.5, 0.6) is 11.5 Å². The molecule has 2 aromatic rings. The van der Waals surface area contributed by atoms with Crippen LogP contribution < -0.4 is 14.8 Å². The summed E-state index contributed by atoms with van der Waals surface area (Å²) < 4.78 is 11.6. The van der Waals surface area contributed by atoms with E-state index in [1.807, 2.05) is 44.2 Å². The van der Waals surface area contributed by atoms with Gasteiger partial charge in [-0.25, -0.2) is 5.53 Å². The highest BCUT2D eigenvalue weighted by Gasteiger charge is 2.09. The summed E-state index contributed by atoms with van der Waals surface area (Å²) in [4.78, 5) is 0. The van der Waals surface area contributed by atoms with Crippen molar-refractivity contribution < 1.29 is 9.47 Å². The summed E-state index contributed by atoms with van der Waals surface area (Å²) in [6.45, 7) is 3.98. The van der Waals surface area contributed by atoms with Crippen molar-refractivity contribution in [3.8, 4) is 11.5 Å². The summed E-state index contributed by atoms with van der Waals surface area (Å²) in [5.41, 5.74) is 9.41. The van der Waals surface area contributed by atoms with Gasteiger partial charge in [0.1, 0.15) is 17.2 Å². The van der Waals surface area contributed by atoms with E-state index in [2.05, 4.69) is 26.4 Å². The van der Waals surface area contributed by atoms with Gasteiger partial charge in [0, 0.05) is 11.8 Å². The lowest BCUT2D eigenvalue weighted by molar-refractivity contribution is 0.242. The third kappa shape index (κ3) is 3.98. The van der Waals surface area contributed by atoms with E-state index in [0.29, 0.717) is 11.4 Å². The van der Waals surface area contributed by atoms with E-state index in [9.17, 15) is 0 Å². The second-order valence-corrected chi connectivity index (χ2v) is 5.79. The average Bonchev–Trinajstić information content (AvgIpc) is 2.49. The summed E-state index contributed by atoms with van der Waals surface area (Å²) in [5.74, 6) is 1.46. The molecular weight excluding hydrogens is 346 g/mol. The van der Waals surface area contributed by atoms with Gasteiger partial charge in [-0.2, -0.15) is 5.11 Å². The number of halogens is 1. The van der Waals surface area contributed by atoms with Gasteiger partial charge in [0.25, 0.3) is 0 Å². The van der Waals surface area contributed by atoms with Crippen LogP contribution >= 0.6 is 15.9 Å². The van der Waals surface area contributed by atoms with Crippen molar-refractivity contribution in [2.45, 2.75) is 20.0 Å². The molecule has 6 heteroatoms. The Morgan fingerprint density at radius 3 is 2.41 bits per heavy atom. The monoisotopic (exact) mass is 363 g/mol. The first kappa shape index (κ1) is 16.3. The predicted molar refractivity (Wildman–Crippen MR) is 91.0 cm³/mol. The highest BCUT2D eigenvalue weighted by Crippen LogP contribution is 2.37. The van der Waals surface area contributed by atoms with Crippen LogP contribution in [0.2, 0.25) is 0 Å². The molecule has 2 N–H and O–H groups in total. The number of ether oxygens (including phenoxy) is 2. The standard InChI is InChI=1S/C16H18BrN3O2/c1-10(2)22-12-6-4-11(5-7-12)19-14-8-13(17)16(21-3)9-15(14)20-18/h4-10,18-19H,1-3H3. The lowest BCUT2D eigenvalue weighted by Crippen LogP contribution is -2.05. The fourth-order valence-corrected chi connectivity index (χ4v) is 2.44. The molecular formula is C16H18BrN3O2. The highest BCUT2D eigenvalue weighted by molar-refractivity contribution is 9.10. The Hall–Kier alpha value is -2.08. The largest absolute Gasteiger partial charge is 0.495 e. The van der Waals surface area contributed by atoms with E-state index in [4.69, 9.17) is 15.0 Å². The van der Waals surface area contributed by atoms with Crippen LogP contribution in [0.3, 0.4) is 0 Å². The third-order valence-electron chi connectivity index (χ3n) is 2.90. The maximum Gasteiger partial charge on any atom is 0.135 e. The Kier molecular flexibility index (Phi) is 5.38. The van der Waals surface area contributed by atoms with Gasteiger partial charge < -0.3 is 14.8 Å². The van der Waals surface area contributed by atoms with E-state index in [1.165, 1.54) is 0 Å². The Morgan fingerprint density at radius 2 is 1.86 bits per heavy atom. The van der Waals surface area contributed by atoms with Crippen molar-refractivity contribution in [1.29, 1.82) is 5.53 Å². The molecule has 0 spiro atoms. The minimum absolute atomic E-state index is 0.144. The second kappa shape index (κ2) is 7.26. The normalized spacial score (nSPS) is 10.4. The van der Waals surface area contributed by atoms with Gasteiger partial charge in [0.15, 0.2) is 0 Å². The van der Waals surface area contributed by atoms with Gasteiger partial charge in [-0.1, -0.05) is 0 Å². The molecule has 22 heavy (non-hydrogen) atoms. The van der Waals surface area contributed by atoms with E-state index >= 15 is 0 Å². The number of benzene rings is 2. The van der Waals surface area contributed by atoms with Crippen molar-refractivity contribution >= 4 is 33.0 Å². The van der Waals surface area contributed by atoms with Gasteiger partial charge in [0.05, 0.1) is 23.4 Å². The fourth-order valence-electron chi connectivity index (χ4n) is 1.94. The highest BCUT2D eigenvalue weighted by atomic mass is 79.9. The summed E-state index contributed by atoms with van der Waals surface area (Å²) in [5, 5.41) is 6.78. The van der Waals surface area contributed by atoms with Gasteiger partial charge >= 0.3 is 0 Å². The van der Waals surface area contributed by atoms with Gasteiger partial charge in [-0.3, -0.25) is 0 Å². The molecule has 0 radical (unpaired) electrons. The molecule has 0 saturated carbocycles. The first-order chi connectivity index (χ1) is 10.5. The summed E-state index contributed by atoms with van der Waals surface area (Å²) in [6.07, 6.45) is 0.144. The molecule has 0 bridgehead atoms. The zero-order chi connectivity index (χ0) is 16.1. The maximum atomic E-state index is 7.30. The van der Waals surface area contributed by atoms with Crippen molar-refractivity contribution in [2.75, 3.05) is 12.4 Å². The average molecular weight is 364 g/mol. The zero-order valence-electron chi connectivity index (χ0n) is 12.7. The van der Waals surface area contributed by atoms with E-state index in [0.717, 1.165) is 21.6 Å². The van der Waals surface area contributed by atoms with E-state index < -0.39 is 0 Å². The van der Waals surface area contributed by atoms with E-state index in [-0.39, 0.29) is 6.10 Å². The SMILES string of the molecule is COc1cc(N=N)c(Nc2ccc(OC(C)C)cc2)cc1Br. The number of rotatable bonds is 6. The third-order valence-corrected chi connectivity index (χ3v) is 3.52. The summed E-state index contributed by atoms with van der Waals surface area (Å²) in [7, 11) is 1.58. The lowest BCUT2D eigenvalue weighted by atomic mass is 10.2. The number of nitrogens with zero attached hydrogens (tertiary/aromatic N) is 1. The topological polar surface area (TPSA) is 66.7 Å². The van der Waals surface area contributed by atoms with Crippen LogP contribution in [0, 0.1) is 5.53 Å². The lowest BCUT2D eigenvalue weighted by Gasteiger charge is -2.13. The number of anilines is 2. The first-order valence-corrected chi connectivity index (χ1v) is 7.61.